The SMILES string of the molecule is CCc1ccc(OCC2CCNC2)cc1.Cl. The van der Waals surface area contributed by atoms with Gasteiger partial charge in [-0.1, -0.05) is 19.1 Å². The van der Waals surface area contributed by atoms with Crippen LogP contribution in [-0.2, 0) is 6.42 Å². The van der Waals surface area contributed by atoms with Gasteiger partial charge >= 0.3 is 0 Å². The van der Waals surface area contributed by atoms with E-state index in [-0.39, 0.29) is 12.4 Å². The fourth-order valence-corrected chi connectivity index (χ4v) is 1.89. The number of nitrogens with one attached hydrogen (secondary N) is 1. The highest BCUT2D eigenvalue weighted by atomic mass is 35.5. The predicted octanol–water partition coefficient (Wildman–Crippen LogP) is 2.66. The summed E-state index contributed by atoms with van der Waals surface area (Å²) in [5.41, 5.74) is 1.37. The van der Waals surface area contributed by atoms with E-state index < -0.39 is 0 Å². The van der Waals surface area contributed by atoms with E-state index in [9.17, 15) is 0 Å². The molecule has 90 valence electrons. The van der Waals surface area contributed by atoms with Crippen molar-refractivity contribution in [1.29, 1.82) is 0 Å². The summed E-state index contributed by atoms with van der Waals surface area (Å²) in [6.07, 6.45) is 2.33. The lowest BCUT2D eigenvalue weighted by Crippen LogP contribution is -2.15. The van der Waals surface area contributed by atoms with E-state index in [1.807, 2.05) is 0 Å². The highest BCUT2D eigenvalue weighted by Crippen LogP contribution is 2.15. The van der Waals surface area contributed by atoms with Crippen molar-refractivity contribution in [3.63, 3.8) is 0 Å². The molecule has 1 unspecified atom stereocenters. The molecule has 0 aliphatic carbocycles. The van der Waals surface area contributed by atoms with Gasteiger partial charge in [0.05, 0.1) is 6.61 Å². The van der Waals surface area contributed by atoms with E-state index in [0.717, 1.165) is 31.9 Å². The third-order valence-electron chi connectivity index (χ3n) is 2.98. The molecule has 16 heavy (non-hydrogen) atoms. The molecule has 0 bridgehead atoms. The molecule has 1 atom stereocenters. The maximum atomic E-state index is 5.75. The van der Waals surface area contributed by atoms with Crippen LogP contribution in [0, 0.1) is 5.92 Å². The van der Waals surface area contributed by atoms with Gasteiger partial charge in [-0.2, -0.15) is 0 Å². The third kappa shape index (κ3) is 3.69. The van der Waals surface area contributed by atoms with Crippen molar-refractivity contribution in [3.05, 3.63) is 29.8 Å². The number of ether oxygens (including phenoxy) is 1. The Bertz CT molecular complexity index is 293. The van der Waals surface area contributed by atoms with Gasteiger partial charge in [-0.3, -0.25) is 0 Å². The van der Waals surface area contributed by atoms with Crippen LogP contribution in [0.3, 0.4) is 0 Å². The Morgan fingerprint density at radius 1 is 1.31 bits per heavy atom. The minimum Gasteiger partial charge on any atom is -0.493 e. The van der Waals surface area contributed by atoms with Crippen LogP contribution >= 0.6 is 12.4 Å². The van der Waals surface area contributed by atoms with E-state index >= 15 is 0 Å². The molecule has 0 radical (unpaired) electrons. The average molecular weight is 242 g/mol. The zero-order valence-electron chi connectivity index (χ0n) is 9.74. The smallest absolute Gasteiger partial charge is 0.119 e. The average Bonchev–Trinajstić information content (AvgIpc) is 2.80. The number of rotatable bonds is 4. The maximum absolute atomic E-state index is 5.75. The molecule has 2 nitrogen and oxygen atoms in total. The van der Waals surface area contributed by atoms with Crippen LogP contribution in [0.4, 0.5) is 0 Å². The molecule has 1 aromatic carbocycles. The van der Waals surface area contributed by atoms with Crippen LogP contribution in [0.2, 0.25) is 0 Å². The topological polar surface area (TPSA) is 21.3 Å². The maximum Gasteiger partial charge on any atom is 0.119 e. The number of benzene rings is 1. The number of hydrogen-bond donors (Lipinski definition) is 1. The molecule has 1 fully saturated rings. The van der Waals surface area contributed by atoms with Gasteiger partial charge in [0.25, 0.3) is 0 Å². The first-order chi connectivity index (χ1) is 7.38. The van der Waals surface area contributed by atoms with Gasteiger partial charge in [0, 0.05) is 12.5 Å². The summed E-state index contributed by atoms with van der Waals surface area (Å²) in [6, 6.07) is 8.42. The number of halogens is 1. The fourth-order valence-electron chi connectivity index (χ4n) is 1.89. The molecule has 3 heteroatoms. The van der Waals surface area contributed by atoms with Crippen molar-refractivity contribution >= 4 is 12.4 Å². The Hall–Kier alpha value is -0.730. The highest BCUT2D eigenvalue weighted by Gasteiger charge is 2.14. The van der Waals surface area contributed by atoms with Gasteiger partial charge in [0.15, 0.2) is 0 Å². The van der Waals surface area contributed by atoms with Gasteiger partial charge in [-0.15, -0.1) is 12.4 Å². The second-order valence-corrected chi connectivity index (χ2v) is 4.17. The van der Waals surface area contributed by atoms with E-state index in [2.05, 4.69) is 36.5 Å². The molecule has 0 saturated carbocycles. The van der Waals surface area contributed by atoms with Crippen LogP contribution in [0.15, 0.2) is 24.3 Å². The van der Waals surface area contributed by atoms with Crippen molar-refractivity contribution in [1.82, 2.24) is 5.32 Å². The second kappa shape index (κ2) is 6.77. The van der Waals surface area contributed by atoms with Crippen molar-refractivity contribution in [2.24, 2.45) is 5.92 Å². The summed E-state index contributed by atoms with van der Waals surface area (Å²) in [5.74, 6) is 1.69. The quantitative estimate of drug-likeness (QED) is 0.875. The Labute approximate surface area is 104 Å². The largest absolute Gasteiger partial charge is 0.493 e. The van der Waals surface area contributed by atoms with Crippen molar-refractivity contribution in [3.8, 4) is 5.75 Å². The van der Waals surface area contributed by atoms with Crippen LogP contribution in [0.25, 0.3) is 0 Å². The number of hydrogen-bond acceptors (Lipinski definition) is 2. The summed E-state index contributed by atoms with van der Waals surface area (Å²) in [7, 11) is 0. The normalized spacial score (nSPS) is 19.2. The fraction of sp³-hybridized carbons (Fsp3) is 0.538. The molecule has 1 heterocycles. The first-order valence-electron chi connectivity index (χ1n) is 5.81. The first kappa shape index (κ1) is 13.3. The molecule has 0 amide bonds. The van der Waals surface area contributed by atoms with Crippen molar-refractivity contribution < 1.29 is 4.74 Å². The van der Waals surface area contributed by atoms with E-state index in [4.69, 9.17) is 4.74 Å². The lowest BCUT2D eigenvalue weighted by Gasteiger charge is -2.10. The third-order valence-corrected chi connectivity index (χ3v) is 2.98. The molecule has 0 aromatic heterocycles. The Kier molecular flexibility index (Phi) is 5.64. The van der Waals surface area contributed by atoms with Crippen molar-refractivity contribution in [2.45, 2.75) is 19.8 Å². The zero-order chi connectivity index (χ0) is 10.5. The van der Waals surface area contributed by atoms with Gasteiger partial charge in [-0.05, 0) is 37.1 Å². The molecular formula is C13H20ClNO. The van der Waals surface area contributed by atoms with Crippen molar-refractivity contribution in [2.75, 3.05) is 19.7 Å². The van der Waals surface area contributed by atoms with E-state index in [1.54, 1.807) is 0 Å². The monoisotopic (exact) mass is 241 g/mol. The standard InChI is InChI=1S/C13H19NO.ClH/c1-2-11-3-5-13(6-4-11)15-10-12-7-8-14-9-12;/h3-6,12,14H,2,7-10H2,1H3;1H. The van der Waals surface area contributed by atoms with Gasteiger partial charge in [0.2, 0.25) is 0 Å². The van der Waals surface area contributed by atoms with Crippen LogP contribution in [-0.4, -0.2) is 19.7 Å². The Balaban J connectivity index is 0.00000128. The predicted molar refractivity (Wildman–Crippen MR) is 69.5 cm³/mol. The Morgan fingerprint density at radius 2 is 2.06 bits per heavy atom. The van der Waals surface area contributed by atoms with Crippen LogP contribution in [0.5, 0.6) is 5.75 Å². The summed E-state index contributed by atoms with van der Waals surface area (Å²) >= 11 is 0. The highest BCUT2D eigenvalue weighted by molar-refractivity contribution is 5.85. The molecule has 1 aliphatic heterocycles. The van der Waals surface area contributed by atoms with E-state index in [1.165, 1.54) is 12.0 Å². The van der Waals surface area contributed by atoms with E-state index in [0.29, 0.717) is 5.92 Å². The van der Waals surface area contributed by atoms with Crippen LogP contribution in [0.1, 0.15) is 18.9 Å². The van der Waals surface area contributed by atoms with Gasteiger partial charge in [-0.25, -0.2) is 0 Å². The summed E-state index contributed by atoms with van der Waals surface area (Å²) in [4.78, 5) is 0. The molecule has 1 aliphatic rings. The zero-order valence-corrected chi connectivity index (χ0v) is 10.6. The Morgan fingerprint density at radius 3 is 2.62 bits per heavy atom. The second-order valence-electron chi connectivity index (χ2n) is 4.17. The molecule has 1 N–H and O–H groups in total. The first-order valence-corrected chi connectivity index (χ1v) is 5.81. The lowest BCUT2D eigenvalue weighted by molar-refractivity contribution is 0.260. The molecule has 1 aromatic rings. The van der Waals surface area contributed by atoms with Gasteiger partial charge in [0.1, 0.15) is 5.75 Å². The minimum absolute atomic E-state index is 0. The molecule has 0 spiro atoms. The minimum atomic E-state index is 0. The summed E-state index contributed by atoms with van der Waals surface area (Å²) in [5, 5.41) is 3.35. The molecule has 2 rings (SSSR count). The molecular weight excluding hydrogens is 222 g/mol. The lowest BCUT2D eigenvalue weighted by atomic mass is 10.1. The van der Waals surface area contributed by atoms with Crippen LogP contribution < -0.4 is 10.1 Å². The summed E-state index contributed by atoms with van der Waals surface area (Å²) in [6.45, 7) is 5.26. The molecule has 1 saturated heterocycles. The number of aryl methyl sites for hydroxylation is 1. The summed E-state index contributed by atoms with van der Waals surface area (Å²) < 4.78 is 5.75. The van der Waals surface area contributed by atoms with Gasteiger partial charge < -0.3 is 10.1 Å².